The van der Waals surface area contributed by atoms with Gasteiger partial charge in [0.2, 0.25) is 0 Å². The highest BCUT2D eigenvalue weighted by molar-refractivity contribution is 7.85. The molecule has 0 aromatic rings. The summed E-state index contributed by atoms with van der Waals surface area (Å²) in [5.74, 6) is -3.55. The van der Waals surface area contributed by atoms with Crippen molar-refractivity contribution in [1.82, 2.24) is 0 Å². The van der Waals surface area contributed by atoms with E-state index in [4.69, 9.17) is 9.66 Å². The molecule has 7 heteroatoms. The lowest BCUT2D eigenvalue weighted by Gasteiger charge is -2.26. The summed E-state index contributed by atoms with van der Waals surface area (Å²) in [7, 11) is -4.52. The number of hydrogen-bond acceptors (Lipinski definition) is 4. The van der Waals surface area contributed by atoms with Gasteiger partial charge in [-0.2, -0.15) is 8.42 Å². The Morgan fingerprint density at radius 2 is 1.75 bits per heavy atom. The Morgan fingerprint density at radius 3 is 1.94 bits per heavy atom. The number of hydrogen-bond donors (Lipinski definition) is 2. The second-order valence-electron chi connectivity index (χ2n) is 4.27. The molecular weight excluding hydrogens is 236 g/mol. The first kappa shape index (κ1) is 15.0. The van der Waals surface area contributed by atoms with Crippen LogP contribution in [-0.2, 0) is 19.7 Å². The van der Waals surface area contributed by atoms with Crippen LogP contribution in [0.25, 0.3) is 0 Å². The lowest BCUT2D eigenvalue weighted by molar-refractivity contribution is -0.154. The molecule has 94 valence electrons. The minimum Gasteiger partial charge on any atom is -0.480 e. The normalized spacial score (nSPS) is 15.8. The predicted molar refractivity (Wildman–Crippen MR) is 56.6 cm³/mol. The van der Waals surface area contributed by atoms with E-state index >= 15 is 0 Å². The zero-order valence-electron chi connectivity index (χ0n) is 9.43. The summed E-state index contributed by atoms with van der Waals surface area (Å²) in [6.45, 7) is 4.36. The highest BCUT2D eigenvalue weighted by atomic mass is 32.2. The lowest BCUT2D eigenvalue weighted by atomic mass is 9.78. The molecule has 0 rings (SSSR count). The molecule has 0 radical (unpaired) electrons. The fourth-order valence-corrected chi connectivity index (χ4v) is 2.68. The van der Waals surface area contributed by atoms with E-state index in [9.17, 15) is 18.0 Å². The Labute approximate surface area is 94.4 Å². The van der Waals surface area contributed by atoms with Gasteiger partial charge in [-0.05, 0) is 19.3 Å². The maximum Gasteiger partial charge on any atom is 0.318 e. The third kappa shape index (κ3) is 3.90. The first-order chi connectivity index (χ1) is 7.01. The van der Waals surface area contributed by atoms with E-state index in [-0.39, 0.29) is 12.3 Å². The van der Waals surface area contributed by atoms with Crippen molar-refractivity contribution in [3.05, 3.63) is 0 Å². The molecular formula is C9H16O6S. The molecule has 1 atom stereocenters. The van der Waals surface area contributed by atoms with E-state index in [1.165, 1.54) is 0 Å². The molecule has 0 aliphatic heterocycles. The number of Topliss-reactive ketones (excluding diaryl/α,β-unsaturated/α-hetero) is 1. The van der Waals surface area contributed by atoms with Gasteiger partial charge < -0.3 is 5.11 Å². The van der Waals surface area contributed by atoms with Crippen LogP contribution in [-0.4, -0.2) is 35.6 Å². The van der Waals surface area contributed by atoms with Gasteiger partial charge in [0.1, 0.15) is 11.2 Å². The Hall–Kier alpha value is -0.950. The maximum atomic E-state index is 11.4. The molecule has 2 N–H and O–H groups in total. The first-order valence-electron chi connectivity index (χ1n) is 4.71. The van der Waals surface area contributed by atoms with Crippen molar-refractivity contribution in [3.8, 4) is 0 Å². The molecule has 0 spiro atoms. The van der Waals surface area contributed by atoms with Crippen molar-refractivity contribution < 1.29 is 27.7 Å². The highest BCUT2D eigenvalue weighted by Crippen LogP contribution is 2.30. The van der Waals surface area contributed by atoms with E-state index < -0.39 is 33.0 Å². The molecule has 16 heavy (non-hydrogen) atoms. The number of carbonyl (C=O) groups is 2. The highest BCUT2D eigenvalue weighted by Gasteiger charge is 2.47. The van der Waals surface area contributed by atoms with Gasteiger partial charge in [0.25, 0.3) is 10.1 Å². The molecule has 6 nitrogen and oxygen atoms in total. The summed E-state index contributed by atoms with van der Waals surface area (Å²) in [6.07, 6.45) is -0.128. The average molecular weight is 252 g/mol. The first-order valence-corrected chi connectivity index (χ1v) is 6.32. The van der Waals surface area contributed by atoms with Crippen LogP contribution >= 0.6 is 0 Å². The van der Waals surface area contributed by atoms with Crippen LogP contribution in [0, 0.1) is 11.3 Å². The van der Waals surface area contributed by atoms with Crippen LogP contribution in [0.15, 0.2) is 0 Å². The van der Waals surface area contributed by atoms with E-state index in [0.29, 0.717) is 0 Å². The van der Waals surface area contributed by atoms with Crippen LogP contribution in [0.3, 0.4) is 0 Å². The van der Waals surface area contributed by atoms with E-state index in [1.54, 1.807) is 13.8 Å². The molecule has 0 amide bonds. The monoisotopic (exact) mass is 252 g/mol. The smallest absolute Gasteiger partial charge is 0.318 e. The largest absolute Gasteiger partial charge is 0.480 e. The van der Waals surface area contributed by atoms with Crippen molar-refractivity contribution in [3.63, 3.8) is 0 Å². The van der Waals surface area contributed by atoms with E-state index in [2.05, 4.69) is 0 Å². The molecule has 0 aromatic carbocycles. The van der Waals surface area contributed by atoms with Crippen LogP contribution < -0.4 is 0 Å². The van der Waals surface area contributed by atoms with Crippen LogP contribution in [0.2, 0.25) is 0 Å². The Kier molecular flexibility index (Phi) is 4.63. The third-order valence-corrected chi connectivity index (χ3v) is 3.13. The summed E-state index contributed by atoms with van der Waals surface area (Å²) < 4.78 is 30.3. The SMILES string of the molecule is CC(=O)C(CC(C)C)(CS(=O)(=O)O)C(=O)O. The van der Waals surface area contributed by atoms with Gasteiger partial charge in [0.15, 0.2) is 0 Å². The van der Waals surface area contributed by atoms with Gasteiger partial charge in [-0.3, -0.25) is 14.1 Å². The minimum atomic E-state index is -4.52. The fraction of sp³-hybridized carbons (Fsp3) is 0.778. The summed E-state index contributed by atoms with van der Waals surface area (Å²) >= 11 is 0. The Bertz CT molecular complexity index is 367. The molecule has 0 saturated carbocycles. The lowest BCUT2D eigenvalue weighted by Crippen LogP contribution is -2.45. The average Bonchev–Trinajstić information content (AvgIpc) is 1.98. The van der Waals surface area contributed by atoms with Gasteiger partial charge in [0.05, 0.1) is 5.75 Å². The number of aliphatic carboxylic acids is 1. The van der Waals surface area contributed by atoms with Crippen LogP contribution in [0.1, 0.15) is 27.2 Å². The maximum absolute atomic E-state index is 11.4. The Morgan fingerprint density at radius 1 is 1.31 bits per heavy atom. The van der Waals surface area contributed by atoms with Gasteiger partial charge in [0, 0.05) is 0 Å². The van der Waals surface area contributed by atoms with Gasteiger partial charge in [-0.15, -0.1) is 0 Å². The minimum absolute atomic E-state index is 0.128. The summed E-state index contributed by atoms with van der Waals surface area (Å²) in [5.41, 5.74) is -2.05. The van der Waals surface area contributed by atoms with E-state index in [0.717, 1.165) is 6.92 Å². The summed E-state index contributed by atoms with van der Waals surface area (Å²) in [4.78, 5) is 22.4. The predicted octanol–water partition coefficient (Wildman–Crippen LogP) is 0.580. The van der Waals surface area contributed by atoms with Crippen molar-refractivity contribution in [2.45, 2.75) is 27.2 Å². The van der Waals surface area contributed by atoms with E-state index in [1.807, 2.05) is 0 Å². The number of carbonyl (C=O) groups excluding carboxylic acids is 1. The van der Waals surface area contributed by atoms with Crippen LogP contribution in [0.4, 0.5) is 0 Å². The van der Waals surface area contributed by atoms with Crippen molar-refractivity contribution in [1.29, 1.82) is 0 Å². The second-order valence-corrected chi connectivity index (χ2v) is 5.72. The zero-order chi connectivity index (χ0) is 13.1. The molecule has 0 aliphatic carbocycles. The van der Waals surface area contributed by atoms with Crippen molar-refractivity contribution in [2.75, 3.05) is 5.75 Å². The number of ketones is 1. The summed E-state index contributed by atoms with van der Waals surface area (Å²) in [6, 6.07) is 0. The fourth-order valence-electron chi connectivity index (χ4n) is 1.61. The molecule has 0 saturated heterocycles. The number of carboxylic acid groups (broad SMARTS) is 1. The summed E-state index contributed by atoms with van der Waals surface area (Å²) in [5, 5.41) is 9.01. The Balaban J connectivity index is 5.45. The molecule has 0 fully saturated rings. The third-order valence-electron chi connectivity index (χ3n) is 2.27. The van der Waals surface area contributed by atoms with Crippen molar-refractivity contribution in [2.24, 2.45) is 11.3 Å². The second kappa shape index (κ2) is 4.92. The van der Waals surface area contributed by atoms with Crippen LogP contribution in [0.5, 0.6) is 0 Å². The van der Waals surface area contributed by atoms with Crippen molar-refractivity contribution >= 4 is 21.9 Å². The molecule has 0 heterocycles. The zero-order valence-corrected chi connectivity index (χ0v) is 10.2. The number of carboxylic acids is 1. The number of rotatable bonds is 6. The van der Waals surface area contributed by atoms with Gasteiger partial charge in [-0.25, -0.2) is 0 Å². The van der Waals surface area contributed by atoms with Gasteiger partial charge in [-0.1, -0.05) is 13.8 Å². The quantitative estimate of drug-likeness (QED) is 0.528. The topological polar surface area (TPSA) is 109 Å². The molecule has 0 bridgehead atoms. The molecule has 0 aliphatic rings. The standard InChI is InChI=1S/C9H16O6S/c1-6(2)4-9(7(3)10,8(11)12)5-16(13,14)15/h6H,4-5H2,1-3H3,(H,11,12)(H,13,14,15). The van der Waals surface area contributed by atoms with Gasteiger partial charge >= 0.3 is 5.97 Å². The molecule has 0 aromatic heterocycles. The molecule has 1 unspecified atom stereocenters.